The van der Waals surface area contributed by atoms with E-state index in [0.717, 1.165) is 18.2 Å². The number of piperidine rings is 1. The zero-order valence-electron chi connectivity index (χ0n) is 16.4. The Morgan fingerprint density at radius 1 is 1.24 bits per heavy atom. The molecule has 1 spiro atoms. The molecule has 2 fully saturated rings. The molecule has 0 atom stereocenters. The molecule has 0 unspecified atom stereocenters. The quantitative estimate of drug-likeness (QED) is 0.633. The van der Waals surface area contributed by atoms with Crippen LogP contribution in [-0.4, -0.2) is 77.8 Å². The van der Waals surface area contributed by atoms with Gasteiger partial charge >= 0.3 is 0 Å². The number of methoxy groups -OCH3 is 2. The summed E-state index contributed by atoms with van der Waals surface area (Å²) < 4.78 is 62.6. The van der Waals surface area contributed by atoms with Crippen molar-refractivity contribution in [1.82, 2.24) is 9.62 Å². The van der Waals surface area contributed by atoms with Gasteiger partial charge in [-0.15, -0.1) is 0 Å². The number of carbonyl (C=O) groups is 1. The van der Waals surface area contributed by atoms with Crippen molar-refractivity contribution in [2.45, 2.75) is 29.8 Å². The number of carbonyl (C=O) groups excluding carboxylic acids is 1. The summed E-state index contributed by atoms with van der Waals surface area (Å²) >= 11 is 0. The van der Waals surface area contributed by atoms with Gasteiger partial charge in [-0.3, -0.25) is 4.79 Å². The van der Waals surface area contributed by atoms with E-state index in [0.29, 0.717) is 26.1 Å². The van der Waals surface area contributed by atoms with Crippen LogP contribution in [0.1, 0.15) is 23.2 Å². The van der Waals surface area contributed by atoms with E-state index < -0.39 is 33.8 Å². The second-order valence-electron chi connectivity index (χ2n) is 6.76. The van der Waals surface area contributed by atoms with Crippen molar-refractivity contribution >= 4 is 15.9 Å². The van der Waals surface area contributed by atoms with Gasteiger partial charge in [0.2, 0.25) is 10.0 Å². The highest BCUT2D eigenvalue weighted by molar-refractivity contribution is 7.89. The molecular formula is C18H25FN2O7S. The lowest BCUT2D eigenvalue weighted by Crippen LogP contribution is -2.47. The first-order chi connectivity index (χ1) is 13.8. The van der Waals surface area contributed by atoms with E-state index in [1.54, 1.807) is 0 Å². The minimum absolute atomic E-state index is 0.0174. The highest BCUT2D eigenvalue weighted by Crippen LogP contribution is 2.33. The predicted octanol–water partition coefficient (Wildman–Crippen LogP) is 0.702. The molecule has 2 aliphatic rings. The number of rotatable bonds is 7. The number of benzene rings is 1. The Morgan fingerprint density at radius 2 is 1.86 bits per heavy atom. The van der Waals surface area contributed by atoms with Gasteiger partial charge in [-0.25, -0.2) is 12.8 Å². The maximum Gasteiger partial charge on any atom is 0.254 e. The molecule has 3 rings (SSSR count). The van der Waals surface area contributed by atoms with Gasteiger partial charge in [-0.1, -0.05) is 0 Å². The molecule has 2 heterocycles. The summed E-state index contributed by atoms with van der Waals surface area (Å²) in [4.78, 5) is 12.2. The van der Waals surface area contributed by atoms with Crippen LogP contribution in [0.2, 0.25) is 0 Å². The summed E-state index contributed by atoms with van der Waals surface area (Å²) in [7, 11) is -1.09. The molecule has 0 saturated carbocycles. The lowest BCUT2D eigenvalue weighted by molar-refractivity contribution is -0.179. The average molecular weight is 432 g/mol. The maximum absolute atomic E-state index is 14.2. The van der Waals surface area contributed by atoms with Crippen molar-refractivity contribution in [3.8, 4) is 0 Å². The SMILES string of the molecule is COC(CNC(=O)c1cc(S(=O)(=O)N2CCC3(CC2)OCCO3)ccc1F)OC. The average Bonchev–Trinajstić information content (AvgIpc) is 3.17. The Hall–Kier alpha value is -1.63. The van der Waals surface area contributed by atoms with Crippen molar-refractivity contribution in [3.05, 3.63) is 29.6 Å². The number of hydrogen-bond acceptors (Lipinski definition) is 7. The molecule has 11 heteroatoms. The molecule has 29 heavy (non-hydrogen) atoms. The van der Waals surface area contributed by atoms with Gasteiger partial charge in [-0.05, 0) is 18.2 Å². The van der Waals surface area contributed by atoms with E-state index in [9.17, 15) is 17.6 Å². The summed E-state index contributed by atoms with van der Waals surface area (Å²) in [5.41, 5.74) is -0.368. The second-order valence-corrected chi connectivity index (χ2v) is 8.70. The van der Waals surface area contributed by atoms with E-state index in [4.69, 9.17) is 18.9 Å². The lowest BCUT2D eigenvalue weighted by atomic mass is 10.1. The Bertz CT molecular complexity index is 829. The van der Waals surface area contributed by atoms with Gasteiger partial charge in [0.05, 0.1) is 30.2 Å². The summed E-state index contributed by atoms with van der Waals surface area (Å²) in [6.45, 7) is 1.40. The number of halogens is 1. The number of nitrogens with zero attached hydrogens (tertiary/aromatic N) is 1. The van der Waals surface area contributed by atoms with E-state index in [1.165, 1.54) is 18.5 Å². The van der Waals surface area contributed by atoms with Crippen LogP contribution in [0.25, 0.3) is 0 Å². The van der Waals surface area contributed by atoms with Crippen molar-refractivity contribution in [3.63, 3.8) is 0 Å². The third-order valence-corrected chi connectivity index (χ3v) is 6.97. The molecule has 0 aliphatic carbocycles. The minimum Gasteiger partial charge on any atom is -0.354 e. The normalized spacial score (nSPS) is 19.7. The standard InChI is InChI=1S/C18H25FN2O7S/c1-25-16(26-2)12-20-17(22)14-11-13(3-4-15(14)19)29(23,24)21-7-5-18(6-8-21)27-9-10-28-18/h3-4,11,16H,5-10,12H2,1-2H3,(H,20,22). The van der Waals surface area contributed by atoms with Gasteiger partial charge in [0.25, 0.3) is 5.91 Å². The summed E-state index contributed by atoms with van der Waals surface area (Å²) in [6, 6.07) is 3.17. The van der Waals surface area contributed by atoms with Crippen LogP contribution in [0.3, 0.4) is 0 Å². The summed E-state index contributed by atoms with van der Waals surface area (Å²) in [6.07, 6.45) is 0.126. The van der Waals surface area contributed by atoms with Gasteiger partial charge in [-0.2, -0.15) is 4.31 Å². The van der Waals surface area contributed by atoms with Crippen molar-refractivity contribution in [1.29, 1.82) is 0 Å². The van der Waals surface area contributed by atoms with E-state index in [1.807, 2.05) is 0 Å². The molecule has 2 saturated heterocycles. The first-order valence-electron chi connectivity index (χ1n) is 9.23. The fourth-order valence-corrected chi connectivity index (χ4v) is 4.84. The van der Waals surface area contributed by atoms with E-state index >= 15 is 0 Å². The van der Waals surface area contributed by atoms with Crippen LogP contribution in [-0.2, 0) is 29.0 Å². The Morgan fingerprint density at radius 3 is 2.45 bits per heavy atom. The largest absolute Gasteiger partial charge is 0.354 e. The van der Waals surface area contributed by atoms with E-state index in [-0.39, 0.29) is 30.1 Å². The Labute approximate surface area is 169 Å². The smallest absolute Gasteiger partial charge is 0.254 e. The fourth-order valence-electron chi connectivity index (χ4n) is 3.37. The van der Waals surface area contributed by atoms with Crippen molar-refractivity contribution in [2.75, 3.05) is 47.1 Å². The molecule has 1 amide bonds. The number of nitrogens with one attached hydrogen (secondary N) is 1. The fraction of sp³-hybridized carbons (Fsp3) is 0.611. The molecular weight excluding hydrogens is 407 g/mol. The van der Waals surface area contributed by atoms with Crippen LogP contribution in [0, 0.1) is 5.82 Å². The third-order valence-electron chi connectivity index (χ3n) is 5.07. The van der Waals surface area contributed by atoms with Crippen molar-refractivity contribution in [2.24, 2.45) is 0 Å². The zero-order chi connectivity index (χ0) is 21.1. The number of sulfonamides is 1. The predicted molar refractivity (Wildman–Crippen MR) is 99.2 cm³/mol. The van der Waals surface area contributed by atoms with Crippen molar-refractivity contribution < 1.29 is 36.6 Å². The van der Waals surface area contributed by atoms with Gasteiger partial charge in [0.1, 0.15) is 5.82 Å². The first kappa shape index (κ1) is 22.1. The zero-order valence-corrected chi connectivity index (χ0v) is 17.2. The van der Waals surface area contributed by atoms with Crippen LogP contribution >= 0.6 is 0 Å². The maximum atomic E-state index is 14.2. The topological polar surface area (TPSA) is 103 Å². The molecule has 1 aromatic rings. The summed E-state index contributed by atoms with van der Waals surface area (Å²) in [5.74, 6) is -2.29. The van der Waals surface area contributed by atoms with Crippen LogP contribution < -0.4 is 5.32 Å². The number of amides is 1. The lowest BCUT2D eigenvalue weighted by Gasteiger charge is -2.36. The minimum atomic E-state index is -3.90. The van der Waals surface area contributed by atoms with Crippen LogP contribution in [0.15, 0.2) is 23.1 Å². The molecule has 0 radical (unpaired) electrons. The Kier molecular flexibility index (Phi) is 6.87. The molecule has 0 aromatic heterocycles. The van der Waals surface area contributed by atoms with Crippen LogP contribution in [0.5, 0.6) is 0 Å². The van der Waals surface area contributed by atoms with E-state index in [2.05, 4.69) is 5.32 Å². The highest BCUT2D eigenvalue weighted by Gasteiger charge is 2.42. The number of ether oxygens (including phenoxy) is 4. The Balaban J connectivity index is 1.73. The van der Waals surface area contributed by atoms with Gasteiger partial charge < -0.3 is 24.3 Å². The highest BCUT2D eigenvalue weighted by atomic mass is 32.2. The molecule has 0 bridgehead atoms. The van der Waals surface area contributed by atoms with Crippen LogP contribution in [0.4, 0.5) is 4.39 Å². The number of hydrogen-bond donors (Lipinski definition) is 1. The molecule has 9 nitrogen and oxygen atoms in total. The molecule has 2 aliphatic heterocycles. The summed E-state index contributed by atoms with van der Waals surface area (Å²) in [5, 5.41) is 2.46. The molecule has 1 N–H and O–H groups in total. The third kappa shape index (κ3) is 4.76. The molecule has 162 valence electrons. The molecule has 1 aromatic carbocycles. The monoisotopic (exact) mass is 432 g/mol. The first-order valence-corrected chi connectivity index (χ1v) is 10.7. The second kappa shape index (κ2) is 9.02. The van der Waals surface area contributed by atoms with Gasteiger partial charge in [0, 0.05) is 40.2 Å². The van der Waals surface area contributed by atoms with Gasteiger partial charge in [0.15, 0.2) is 12.1 Å².